The maximum Gasteiger partial charge on any atom is 0.177 e. The fraction of sp³-hybridized carbons (Fsp3) is 0.0952. The number of nitrogens with zero attached hydrogens (tertiary/aromatic N) is 1. The molecule has 146 valence electrons. The predicted octanol–water partition coefficient (Wildman–Crippen LogP) is 5.84. The number of aromatic amines is 2. The molecule has 0 saturated heterocycles. The molecule has 2 aromatic carbocycles. The van der Waals surface area contributed by atoms with Gasteiger partial charge in [-0.25, -0.2) is 9.37 Å². The Bertz CT molecular complexity index is 1330. The number of pyridine rings is 1. The molecule has 0 unspecified atom stereocenters. The van der Waals surface area contributed by atoms with Crippen molar-refractivity contribution in [2.75, 3.05) is 14.2 Å². The monoisotopic (exact) mass is 425 g/mol. The molecule has 0 bridgehead atoms. The zero-order valence-electron chi connectivity index (χ0n) is 15.6. The number of methoxy groups -OCH3 is 2. The normalized spacial score (nSPS) is 10.9. The Labute approximate surface area is 176 Å². The third-order valence-corrected chi connectivity index (χ3v) is 5.05. The van der Waals surface area contributed by atoms with Gasteiger partial charge in [0.05, 0.1) is 25.3 Å². The van der Waals surface area contributed by atoms with E-state index in [1.807, 2.05) is 24.3 Å². The van der Waals surface area contributed by atoms with E-state index in [0.29, 0.717) is 32.3 Å². The van der Waals surface area contributed by atoms with Gasteiger partial charge in [-0.15, -0.1) is 0 Å². The van der Waals surface area contributed by atoms with Crippen LogP contribution in [-0.2, 0) is 0 Å². The fourth-order valence-electron chi connectivity index (χ4n) is 3.17. The molecule has 0 radical (unpaired) electrons. The highest BCUT2D eigenvalue weighted by atomic mass is 32.1. The first-order valence-corrected chi connectivity index (χ1v) is 9.47. The summed E-state index contributed by atoms with van der Waals surface area (Å²) in [5.41, 5.74) is 3.68. The number of rotatable bonds is 4. The molecule has 2 N–H and O–H groups in total. The van der Waals surface area contributed by atoms with E-state index < -0.39 is 0 Å². The van der Waals surface area contributed by atoms with Crippen molar-refractivity contribution in [3.05, 3.63) is 63.8 Å². The van der Waals surface area contributed by atoms with Crippen molar-refractivity contribution in [2.24, 2.45) is 0 Å². The number of halogens is 1. The summed E-state index contributed by atoms with van der Waals surface area (Å²) in [4.78, 5) is 10.7. The summed E-state index contributed by atoms with van der Waals surface area (Å²) in [6, 6.07) is 13.7. The van der Waals surface area contributed by atoms with E-state index in [9.17, 15) is 4.39 Å². The van der Waals surface area contributed by atoms with E-state index in [0.717, 1.165) is 22.1 Å². The molecule has 4 rings (SSSR count). The van der Waals surface area contributed by atoms with Gasteiger partial charge in [0, 0.05) is 5.56 Å². The quantitative estimate of drug-likeness (QED) is 0.402. The largest absolute Gasteiger partial charge is 0.493 e. The molecule has 5 nitrogen and oxygen atoms in total. The molecule has 4 aromatic rings. The second-order valence-electron chi connectivity index (χ2n) is 6.26. The van der Waals surface area contributed by atoms with Crippen LogP contribution in [0.15, 0.2) is 48.5 Å². The summed E-state index contributed by atoms with van der Waals surface area (Å²) in [5.74, 6) is 0.909. The number of H-pyrrole nitrogens is 2. The lowest BCUT2D eigenvalue weighted by atomic mass is 10.00. The molecule has 0 aliphatic rings. The van der Waals surface area contributed by atoms with Gasteiger partial charge in [0.1, 0.15) is 16.1 Å². The first-order valence-electron chi connectivity index (χ1n) is 8.66. The van der Waals surface area contributed by atoms with Crippen LogP contribution < -0.4 is 9.47 Å². The summed E-state index contributed by atoms with van der Waals surface area (Å²) in [6.07, 6.45) is 0. The SMILES string of the molecule is COc1ccc(-c2cc(-c3ccc(F)cc3)nc3[nH]c(=S)[nH]c(=S)c23)cc1OC. The standard InChI is InChI=1S/C21H16FN3O2S2/c1-26-16-8-5-12(9-17(16)27-2)14-10-15(11-3-6-13(22)7-4-11)23-19-18(14)20(28)25-21(29)24-19/h3-10H,1-2H3,(H2,23,24,25,28,29). The first kappa shape index (κ1) is 19.2. The van der Waals surface area contributed by atoms with Gasteiger partial charge < -0.3 is 19.4 Å². The Kier molecular flexibility index (Phi) is 5.12. The van der Waals surface area contributed by atoms with E-state index in [-0.39, 0.29) is 5.82 Å². The lowest BCUT2D eigenvalue weighted by molar-refractivity contribution is 0.355. The van der Waals surface area contributed by atoms with Gasteiger partial charge in [-0.05, 0) is 65.8 Å². The number of fused-ring (bicyclic) bond motifs is 1. The van der Waals surface area contributed by atoms with Crippen molar-refractivity contribution in [2.45, 2.75) is 0 Å². The van der Waals surface area contributed by atoms with E-state index in [1.54, 1.807) is 26.4 Å². The maximum atomic E-state index is 13.4. The van der Waals surface area contributed by atoms with Crippen molar-refractivity contribution in [1.82, 2.24) is 15.0 Å². The zero-order valence-corrected chi connectivity index (χ0v) is 17.2. The molecule has 0 amide bonds. The van der Waals surface area contributed by atoms with E-state index >= 15 is 0 Å². The molecule has 29 heavy (non-hydrogen) atoms. The van der Waals surface area contributed by atoms with Crippen molar-refractivity contribution in [3.8, 4) is 33.9 Å². The summed E-state index contributed by atoms with van der Waals surface area (Å²) >= 11 is 10.8. The van der Waals surface area contributed by atoms with Crippen LogP contribution in [0.25, 0.3) is 33.4 Å². The van der Waals surface area contributed by atoms with Gasteiger partial charge in [0.25, 0.3) is 0 Å². The molecular weight excluding hydrogens is 409 g/mol. The summed E-state index contributed by atoms with van der Waals surface area (Å²) in [5, 5.41) is 0.728. The van der Waals surface area contributed by atoms with E-state index in [2.05, 4.69) is 15.0 Å². The Hall–Kier alpha value is -3.10. The number of hydrogen-bond donors (Lipinski definition) is 2. The molecule has 0 spiro atoms. The number of nitrogens with one attached hydrogen (secondary N) is 2. The molecule has 8 heteroatoms. The van der Waals surface area contributed by atoms with Crippen molar-refractivity contribution in [3.63, 3.8) is 0 Å². The van der Waals surface area contributed by atoms with Crippen molar-refractivity contribution in [1.29, 1.82) is 0 Å². The maximum absolute atomic E-state index is 13.4. The summed E-state index contributed by atoms with van der Waals surface area (Å²) < 4.78 is 25.0. The Morgan fingerprint density at radius 1 is 0.862 bits per heavy atom. The van der Waals surface area contributed by atoms with Crippen LogP contribution in [0.1, 0.15) is 0 Å². The molecule has 0 aliphatic heterocycles. The number of ether oxygens (including phenoxy) is 2. The summed E-state index contributed by atoms with van der Waals surface area (Å²) in [7, 11) is 3.17. The van der Waals surface area contributed by atoms with Gasteiger partial charge >= 0.3 is 0 Å². The second-order valence-corrected chi connectivity index (χ2v) is 7.08. The minimum absolute atomic E-state index is 0.309. The smallest absolute Gasteiger partial charge is 0.177 e. The fourth-order valence-corrected chi connectivity index (χ4v) is 3.74. The van der Waals surface area contributed by atoms with Crippen LogP contribution >= 0.6 is 24.4 Å². The highest BCUT2D eigenvalue weighted by Gasteiger charge is 2.14. The summed E-state index contributed by atoms with van der Waals surface area (Å²) in [6.45, 7) is 0. The van der Waals surface area contributed by atoms with Crippen LogP contribution in [0.2, 0.25) is 0 Å². The second kappa shape index (κ2) is 7.73. The Balaban J connectivity index is 2.05. The van der Waals surface area contributed by atoms with Crippen molar-refractivity contribution < 1.29 is 13.9 Å². The number of hydrogen-bond acceptors (Lipinski definition) is 5. The van der Waals surface area contributed by atoms with Gasteiger partial charge in [0.2, 0.25) is 0 Å². The minimum Gasteiger partial charge on any atom is -0.493 e. The average molecular weight is 426 g/mol. The molecule has 0 saturated carbocycles. The number of aromatic nitrogens is 3. The highest BCUT2D eigenvalue weighted by molar-refractivity contribution is 7.72. The van der Waals surface area contributed by atoms with E-state index in [1.165, 1.54) is 12.1 Å². The molecule has 2 aromatic heterocycles. The highest BCUT2D eigenvalue weighted by Crippen LogP contribution is 2.36. The van der Waals surface area contributed by atoms with Gasteiger partial charge in [-0.3, -0.25) is 0 Å². The molecule has 0 fully saturated rings. The van der Waals surface area contributed by atoms with Crippen LogP contribution in [-0.4, -0.2) is 29.2 Å². The molecular formula is C21H16FN3O2S2. The lowest BCUT2D eigenvalue weighted by Gasteiger charge is -2.13. The van der Waals surface area contributed by atoms with Gasteiger partial charge in [-0.1, -0.05) is 18.3 Å². The Morgan fingerprint density at radius 3 is 2.24 bits per heavy atom. The molecule has 2 heterocycles. The predicted molar refractivity (Wildman–Crippen MR) is 116 cm³/mol. The van der Waals surface area contributed by atoms with Gasteiger partial charge in [0.15, 0.2) is 16.3 Å². The van der Waals surface area contributed by atoms with Crippen molar-refractivity contribution >= 4 is 35.5 Å². The first-order chi connectivity index (χ1) is 14.0. The molecule has 0 atom stereocenters. The van der Waals surface area contributed by atoms with Crippen LogP contribution in [0.4, 0.5) is 4.39 Å². The van der Waals surface area contributed by atoms with Gasteiger partial charge in [-0.2, -0.15) is 0 Å². The lowest BCUT2D eigenvalue weighted by Crippen LogP contribution is -1.96. The molecule has 0 aliphatic carbocycles. The van der Waals surface area contributed by atoms with Crippen LogP contribution in [0.5, 0.6) is 11.5 Å². The average Bonchev–Trinajstić information content (AvgIpc) is 2.72. The topological polar surface area (TPSA) is 62.9 Å². The minimum atomic E-state index is -0.309. The van der Waals surface area contributed by atoms with Crippen LogP contribution in [0, 0.1) is 15.2 Å². The third-order valence-electron chi connectivity index (χ3n) is 4.54. The van der Waals surface area contributed by atoms with Crippen LogP contribution in [0.3, 0.4) is 0 Å². The third kappa shape index (κ3) is 3.64. The zero-order chi connectivity index (χ0) is 20.5. The number of benzene rings is 2. The Morgan fingerprint density at radius 2 is 1.55 bits per heavy atom. The van der Waals surface area contributed by atoms with E-state index in [4.69, 9.17) is 33.9 Å².